The number of rotatable bonds is 4. The largest absolute Gasteiger partial charge is 0.308 e. The fraction of sp³-hybridized carbons (Fsp3) is 1.00. The van der Waals surface area contributed by atoms with Gasteiger partial charge in [-0.2, -0.15) is 0 Å². The molecule has 0 saturated heterocycles. The lowest BCUT2D eigenvalue weighted by atomic mass is 10.1. The molecule has 0 aliphatic carbocycles. The smallest absolute Gasteiger partial charge is 0.0400 e. The quantitative estimate of drug-likeness (QED) is 0.628. The Bertz CT molecular complexity index is 91.3. The van der Waals surface area contributed by atoms with Crippen molar-refractivity contribution in [1.29, 1.82) is 0 Å². The summed E-state index contributed by atoms with van der Waals surface area (Å²) in [6.07, 6.45) is 1.15. The summed E-state index contributed by atoms with van der Waals surface area (Å²) in [7, 11) is 0. The van der Waals surface area contributed by atoms with Crippen molar-refractivity contribution < 1.29 is 0 Å². The Hall–Kier alpha value is 0.250. The lowest BCUT2D eigenvalue weighted by Gasteiger charge is -2.27. The zero-order valence-corrected chi connectivity index (χ0v) is 8.13. The number of nitrogens with one attached hydrogen (secondary N) is 1. The van der Waals surface area contributed by atoms with E-state index in [2.05, 4.69) is 33.0 Å². The zero-order chi connectivity index (χ0) is 8.20. The van der Waals surface area contributed by atoms with E-state index in [1.54, 1.807) is 0 Å². The van der Waals surface area contributed by atoms with Crippen LogP contribution in [0.5, 0.6) is 0 Å². The first-order valence-electron chi connectivity index (χ1n) is 3.85. The second-order valence-electron chi connectivity index (χ2n) is 3.47. The minimum absolute atomic E-state index is 0.0803. The Kier molecular flexibility index (Phi) is 4.30. The van der Waals surface area contributed by atoms with Gasteiger partial charge in [-0.15, -0.1) is 11.6 Å². The van der Waals surface area contributed by atoms with E-state index < -0.39 is 0 Å². The van der Waals surface area contributed by atoms with Crippen LogP contribution in [0.25, 0.3) is 0 Å². The molecule has 0 fully saturated rings. The van der Waals surface area contributed by atoms with Gasteiger partial charge in [-0.25, -0.2) is 0 Å². The van der Waals surface area contributed by atoms with Crippen molar-refractivity contribution in [3.05, 3.63) is 0 Å². The van der Waals surface area contributed by atoms with Gasteiger partial charge in [0, 0.05) is 17.5 Å². The SMILES string of the molecule is CCC(C)NC(C)(C)CCl. The Balaban J connectivity index is 3.64. The maximum absolute atomic E-state index is 5.73. The molecule has 0 bridgehead atoms. The molecule has 0 rings (SSSR count). The summed E-state index contributed by atoms with van der Waals surface area (Å²) < 4.78 is 0. The first kappa shape index (κ1) is 10.2. The number of alkyl halides is 1. The van der Waals surface area contributed by atoms with Gasteiger partial charge in [-0.1, -0.05) is 6.92 Å². The van der Waals surface area contributed by atoms with Gasteiger partial charge in [0.05, 0.1) is 0 Å². The lowest BCUT2D eigenvalue weighted by Crippen LogP contribution is -2.45. The van der Waals surface area contributed by atoms with Crippen LogP contribution >= 0.6 is 11.6 Å². The second-order valence-corrected chi connectivity index (χ2v) is 3.74. The lowest BCUT2D eigenvalue weighted by molar-refractivity contribution is 0.371. The summed E-state index contributed by atoms with van der Waals surface area (Å²) in [6.45, 7) is 8.58. The molecule has 0 aliphatic rings. The van der Waals surface area contributed by atoms with Crippen LogP contribution in [-0.2, 0) is 0 Å². The molecule has 1 atom stereocenters. The first-order valence-corrected chi connectivity index (χ1v) is 4.39. The van der Waals surface area contributed by atoms with Gasteiger partial charge in [0.25, 0.3) is 0 Å². The van der Waals surface area contributed by atoms with Gasteiger partial charge in [-0.3, -0.25) is 0 Å². The molecular weight excluding hydrogens is 146 g/mol. The van der Waals surface area contributed by atoms with Crippen LogP contribution in [0, 0.1) is 0 Å². The average Bonchev–Trinajstić information content (AvgIpc) is 1.87. The molecule has 0 aromatic rings. The molecule has 0 aromatic heterocycles. The van der Waals surface area contributed by atoms with E-state index in [-0.39, 0.29) is 5.54 Å². The highest BCUT2D eigenvalue weighted by atomic mass is 35.5. The highest BCUT2D eigenvalue weighted by Crippen LogP contribution is 2.06. The maximum Gasteiger partial charge on any atom is 0.0400 e. The summed E-state index contributed by atoms with van der Waals surface area (Å²) in [5.41, 5.74) is 0.0803. The predicted molar refractivity (Wildman–Crippen MR) is 47.7 cm³/mol. The van der Waals surface area contributed by atoms with Crippen molar-refractivity contribution in [3.8, 4) is 0 Å². The van der Waals surface area contributed by atoms with Crippen molar-refractivity contribution in [2.75, 3.05) is 5.88 Å². The van der Waals surface area contributed by atoms with E-state index in [0.29, 0.717) is 11.9 Å². The summed E-state index contributed by atoms with van der Waals surface area (Å²) in [6, 6.07) is 0.564. The van der Waals surface area contributed by atoms with Crippen molar-refractivity contribution >= 4 is 11.6 Å². The third kappa shape index (κ3) is 4.13. The molecule has 0 aromatic carbocycles. The van der Waals surface area contributed by atoms with Gasteiger partial charge in [0.1, 0.15) is 0 Å². The fourth-order valence-corrected chi connectivity index (χ4v) is 0.885. The summed E-state index contributed by atoms with van der Waals surface area (Å²) >= 11 is 5.73. The minimum atomic E-state index is 0.0803. The molecule has 0 spiro atoms. The average molecular weight is 164 g/mol. The molecule has 2 heteroatoms. The van der Waals surface area contributed by atoms with Crippen LogP contribution in [0.1, 0.15) is 34.1 Å². The summed E-state index contributed by atoms with van der Waals surface area (Å²) in [5.74, 6) is 0.664. The van der Waals surface area contributed by atoms with Crippen LogP contribution in [0.15, 0.2) is 0 Å². The number of hydrogen-bond donors (Lipinski definition) is 1. The fourth-order valence-electron chi connectivity index (χ4n) is 0.808. The van der Waals surface area contributed by atoms with Crippen LogP contribution in [-0.4, -0.2) is 17.5 Å². The minimum Gasteiger partial charge on any atom is -0.308 e. The number of hydrogen-bond acceptors (Lipinski definition) is 1. The van der Waals surface area contributed by atoms with Gasteiger partial charge in [0.2, 0.25) is 0 Å². The molecule has 0 heterocycles. The Morgan fingerprint density at radius 2 is 2.00 bits per heavy atom. The van der Waals surface area contributed by atoms with Crippen molar-refractivity contribution in [2.45, 2.75) is 45.7 Å². The summed E-state index contributed by atoms with van der Waals surface area (Å²) in [5, 5.41) is 3.42. The van der Waals surface area contributed by atoms with Gasteiger partial charge >= 0.3 is 0 Å². The van der Waals surface area contributed by atoms with Gasteiger partial charge < -0.3 is 5.32 Å². The molecule has 1 N–H and O–H groups in total. The molecule has 0 saturated carbocycles. The molecule has 0 radical (unpaired) electrons. The highest BCUT2D eigenvalue weighted by molar-refractivity contribution is 6.18. The van der Waals surface area contributed by atoms with Crippen LogP contribution in [0.4, 0.5) is 0 Å². The van der Waals surface area contributed by atoms with Crippen molar-refractivity contribution in [2.24, 2.45) is 0 Å². The zero-order valence-electron chi connectivity index (χ0n) is 7.37. The highest BCUT2D eigenvalue weighted by Gasteiger charge is 2.16. The third-order valence-electron chi connectivity index (χ3n) is 1.58. The molecule has 0 amide bonds. The van der Waals surface area contributed by atoms with E-state index in [1.165, 1.54) is 0 Å². The second kappa shape index (κ2) is 4.20. The van der Waals surface area contributed by atoms with Crippen LogP contribution < -0.4 is 5.32 Å². The molecule has 10 heavy (non-hydrogen) atoms. The van der Waals surface area contributed by atoms with Gasteiger partial charge in [0.15, 0.2) is 0 Å². The van der Waals surface area contributed by atoms with E-state index in [1.807, 2.05) is 0 Å². The van der Waals surface area contributed by atoms with Crippen molar-refractivity contribution in [3.63, 3.8) is 0 Å². The standard InChI is InChI=1S/C8H18ClN/c1-5-7(2)10-8(3,4)6-9/h7,10H,5-6H2,1-4H3. The van der Waals surface area contributed by atoms with Crippen molar-refractivity contribution in [1.82, 2.24) is 5.32 Å². The van der Waals surface area contributed by atoms with Crippen LogP contribution in [0.2, 0.25) is 0 Å². The molecule has 1 nitrogen and oxygen atoms in total. The predicted octanol–water partition coefficient (Wildman–Crippen LogP) is 2.39. The first-order chi connectivity index (χ1) is 4.52. The maximum atomic E-state index is 5.73. The summed E-state index contributed by atoms with van der Waals surface area (Å²) in [4.78, 5) is 0. The topological polar surface area (TPSA) is 12.0 Å². The third-order valence-corrected chi connectivity index (χ3v) is 2.25. The Labute approximate surface area is 69.1 Å². The van der Waals surface area contributed by atoms with E-state index in [0.717, 1.165) is 6.42 Å². The van der Waals surface area contributed by atoms with E-state index in [9.17, 15) is 0 Å². The molecular formula is C8H18ClN. The van der Waals surface area contributed by atoms with Gasteiger partial charge in [-0.05, 0) is 27.2 Å². The Morgan fingerprint density at radius 1 is 1.50 bits per heavy atom. The normalized spacial score (nSPS) is 15.3. The Morgan fingerprint density at radius 3 is 2.30 bits per heavy atom. The number of halogens is 1. The van der Waals surface area contributed by atoms with E-state index >= 15 is 0 Å². The van der Waals surface area contributed by atoms with E-state index in [4.69, 9.17) is 11.6 Å². The molecule has 62 valence electrons. The molecule has 0 aliphatic heterocycles. The molecule has 1 unspecified atom stereocenters. The van der Waals surface area contributed by atoms with Crippen LogP contribution in [0.3, 0.4) is 0 Å². The monoisotopic (exact) mass is 163 g/mol.